The van der Waals surface area contributed by atoms with Gasteiger partial charge in [0.05, 0.1) is 18.5 Å². The van der Waals surface area contributed by atoms with Gasteiger partial charge in [-0.2, -0.15) is 10.2 Å². The van der Waals surface area contributed by atoms with Crippen molar-refractivity contribution in [2.45, 2.75) is 13.3 Å². The SMILES string of the molecule is CCCOc1ccccc1-c1cc(C(=O)N/N=C/c2cccc(O)c2)[nH]n1. The average molecular weight is 364 g/mol. The highest BCUT2D eigenvalue weighted by atomic mass is 16.5. The minimum absolute atomic E-state index is 0.132. The maximum atomic E-state index is 12.2. The maximum Gasteiger partial charge on any atom is 0.289 e. The van der Waals surface area contributed by atoms with E-state index in [1.807, 2.05) is 31.2 Å². The molecule has 0 aliphatic rings. The van der Waals surface area contributed by atoms with Gasteiger partial charge in [0, 0.05) is 5.56 Å². The first-order valence-corrected chi connectivity index (χ1v) is 8.57. The van der Waals surface area contributed by atoms with Crippen molar-refractivity contribution in [3.05, 3.63) is 65.9 Å². The zero-order chi connectivity index (χ0) is 19.1. The van der Waals surface area contributed by atoms with Gasteiger partial charge in [0.2, 0.25) is 0 Å². The largest absolute Gasteiger partial charge is 0.508 e. The molecule has 0 aliphatic carbocycles. The molecule has 0 fully saturated rings. The number of benzene rings is 2. The molecule has 0 saturated carbocycles. The van der Waals surface area contributed by atoms with E-state index in [4.69, 9.17) is 4.74 Å². The van der Waals surface area contributed by atoms with Crippen molar-refractivity contribution in [1.29, 1.82) is 0 Å². The van der Waals surface area contributed by atoms with Crippen LogP contribution in [0.2, 0.25) is 0 Å². The lowest BCUT2D eigenvalue weighted by molar-refractivity contribution is 0.0950. The number of phenols is 1. The standard InChI is InChI=1S/C20H20N4O3/c1-2-10-27-19-9-4-3-8-16(19)17-12-18(23-22-17)20(26)24-21-13-14-6-5-7-15(25)11-14/h3-9,11-13,25H,2,10H2,1H3,(H,22,23)(H,24,26)/b21-13+. The number of amides is 1. The summed E-state index contributed by atoms with van der Waals surface area (Å²) in [7, 11) is 0. The van der Waals surface area contributed by atoms with E-state index in [0.29, 0.717) is 17.9 Å². The summed E-state index contributed by atoms with van der Waals surface area (Å²) in [6, 6.07) is 15.7. The summed E-state index contributed by atoms with van der Waals surface area (Å²) < 4.78 is 5.74. The third kappa shape index (κ3) is 4.72. The lowest BCUT2D eigenvalue weighted by Crippen LogP contribution is -2.17. The predicted octanol–water partition coefficient (Wildman–Crippen LogP) is 3.34. The highest BCUT2D eigenvalue weighted by molar-refractivity contribution is 5.94. The Morgan fingerprint density at radius 2 is 2.11 bits per heavy atom. The number of para-hydroxylation sites is 1. The van der Waals surface area contributed by atoms with Gasteiger partial charge in [0.15, 0.2) is 0 Å². The summed E-state index contributed by atoms with van der Waals surface area (Å²) in [5.41, 5.74) is 4.80. The van der Waals surface area contributed by atoms with Gasteiger partial charge >= 0.3 is 0 Å². The Balaban J connectivity index is 1.69. The zero-order valence-electron chi connectivity index (χ0n) is 14.8. The molecule has 3 N–H and O–H groups in total. The van der Waals surface area contributed by atoms with Gasteiger partial charge in [-0.05, 0) is 42.3 Å². The molecule has 0 atom stereocenters. The van der Waals surface area contributed by atoms with E-state index in [1.165, 1.54) is 12.3 Å². The number of hydrazone groups is 1. The minimum atomic E-state index is -0.419. The number of hydrogen-bond acceptors (Lipinski definition) is 5. The van der Waals surface area contributed by atoms with Crippen LogP contribution in [0.4, 0.5) is 0 Å². The predicted molar refractivity (Wildman–Crippen MR) is 103 cm³/mol. The fourth-order valence-electron chi connectivity index (χ4n) is 2.42. The summed E-state index contributed by atoms with van der Waals surface area (Å²) in [5.74, 6) is 0.435. The Morgan fingerprint density at radius 3 is 2.93 bits per heavy atom. The molecule has 1 aromatic heterocycles. The molecule has 1 heterocycles. The van der Waals surface area contributed by atoms with Crippen LogP contribution in [-0.4, -0.2) is 34.0 Å². The van der Waals surface area contributed by atoms with E-state index >= 15 is 0 Å². The second kappa shape index (κ2) is 8.66. The number of ether oxygens (including phenoxy) is 1. The summed E-state index contributed by atoms with van der Waals surface area (Å²) in [6.45, 7) is 2.65. The van der Waals surface area contributed by atoms with Gasteiger partial charge in [0.25, 0.3) is 5.91 Å². The Bertz CT molecular complexity index is 950. The summed E-state index contributed by atoms with van der Waals surface area (Å²) >= 11 is 0. The van der Waals surface area contributed by atoms with E-state index in [-0.39, 0.29) is 11.4 Å². The second-order valence-electron chi connectivity index (χ2n) is 5.81. The molecule has 7 heteroatoms. The number of carbonyl (C=O) groups excluding carboxylic acids is 1. The molecular formula is C20H20N4O3. The van der Waals surface area contributed by atoms with Crippen molar-refractivity contribution in [2.24, 2.45) is 5.10 Å². The first-order chi connectivity index (χ1) is 13.2. The number of rotatable bonds is 7. The average Bonchev–Trinajstić information content (AvgIpc) is 3.17. The van der Waals surface area contributed by atoms with Crippen molar-refractivity contribution >= 4 is 12.1 Å². The second-order valence-corrected chi connectivity index (χ2v) is 5.81. The first-order valence-electron chi connectivity index (χ1n) is 8.57. The molecule has 0 saturated heterocycles. The Labute approximate surface area is 156 Å². The van der Waals surface area contributed by atoms with Crippen molar-refractivity contribution < 1.29 is 14.6 Å². The topological polar surface area (TPSA) is 99.6 Å². The number of phenolic OH excluding ortho intramolecular Hbond substituents is 1. The molecule has 0 bridgehead atoms. The van der Waals surface area contributed by atoms with Crippen molar-refractivity contribution in [3.63, 3.8) is 0 Å². The summed E-state index contributed by atoms with van der Waals surface area (Å²) in [6.07, 6.45) is 2.35. The zero-order valence-corrected chi connectivity index (χ0v) is 14.8. The highest BCUT2D eigenvalue weighted by Crippen LogP contribution is 2.28. The van der Waals surface area contributed by atoms with Crippen LogP contribution in [-0.2, 0) is 0 Å². The van der Waals surface area contributed by atoms with Gasteiger partial charge in [0.1, 0.15) is 17.2 Å². The van der Waals surface area contributed by atoms with E-state index in [1.54, 1.807) is 24.3 Å². The fourth-order valence-corrected chi connectivity index (χ4v) is 2.42. The number of hydrogen-bond donors (Lipinski definition) is 3. The molecule has 138 valence electrons. The molecule has 0 unspecified atom stereocenters. The highest BCUT2D eigenvalue weighted by Gasteiger charge is 2.13. The lowest BCUT2D eigenvalue weighted by Gasteiger charge is -2.08. The Kier molecular flexibility index (Phi) is 5.84. The van der Waals surface area contributed by atoms with Gasteiger partial charge in [-0.15, -0.1) is 0 Å². The number of aromatic hydroxyl groups is 1. The van der Waals surface area contributed by atoms with Crippen molar-refractivity contribution in [3.8, 4) is 22.8 Å². The Morgan fingerprint density at radius 1 is 1.26 bits per heavy atom. The van der Waals surface area contributed by atoms with Gasteiger partial charge < -0.3 is 9.84 Å². The van der Waals surface area contributed by atoms with E-state index < -0.39 is 5.91 Å². The molecule has 2 aromatic carbocycles. The number of H-pyrrole nitrogens is 1. The van der Waals surface area contributed by atoms with Crippen LogP contribution in [0.5, 0.6) is 11.5 Å². The molecule has 3 aromatic rings. The molecule has 3 rings (SSSR count). The van der Waals surface area contributed by atoms with E-state index in [0.717, 1.165) is 17.7 Å². The smallest absolute Gasteiger partial charge is 0.289 e. The van der Waals surface area contributed by atoms with E-state index in [2.05, 4.69) is 20.7 Å². The van der Waals surface area contributed by atoms with Crippen LogP contribution in [0.25, 0.3) is 11.3 Å². The van der Waals surface area contributed by atoms with Crippen molar-refractivity contribution in [1.82, 2.24) is 15.6 Å². The molecule has 7 nitrogen and oxygen atoms in total. The monoisotopic (exact) mass is 364 g/mol. The van der Waals surface area contributed by atoms with Gasteiger partial charge in [-0.1, -0.05) is 31.2 Å². The molecule has 0 spiro atoms. The molecule has 27 heavy (non-hydrogen) atoms. The van der Waals surface area contributed by atoms with Crippen LogP contribution in [0.1, 0.15) is 29.4 Å². The number of nitrogens with zero attached hydrogens (tertiary/aromatic N) is 2. The normalized spacial score (nSPS) is 10.9. The number of aromatic nitrogens is 2. The number of carbonyl (C=O) groups is 1. The fraction of sp³-hybridized carbons (Fsp3) is 0.150. The Hall–Kier alpha value is -3.61. The van der Waals surface area contributed by atoms with Gasteiger partial charge in [-0.3, -0.25) is 9.89 Å². The number of aromatic amines is 1. The van der Waals surface area contributed by atoms with Crippen molar-refractivity contribution in [2.75, 3.05) is 6.61 Å². The lowest BCUT2D eigenvalue weighted by atomic mass is 10.1. The van der Waals surface area contributed by atoms with E-state index in [9.17, 15) is 9.90 Å². The van der Waals surface area contributed by atoms with Crippen LogP contribution in [0, 0.1) is 0 Å². The first kappa shape index (κ1) is 18.2. The summed E-state index contributed by atoms with van der Waals surface area (Å²) in [5, 5.41) is 20.2. The van der Waals surface area contributed by atoms with Crippen LogP contribution in [0.15, 0.2) is 59.7 Å². The molecule has 1 amide bonds. The molecule has 0 aliphatic heterocycles. The summed E-state index contributed by atoms with van der Waals surface area (Å²) in [4.78, 5) is 12.2. The quantitative estimate of drug-likeness (QED) is 0.442. The molecular weight excluding hydrogens is 344 g/mol. The van der Waals surface area contributed by atoms with Crippen LogP contribution in [0.3, 0.4) is 0 Å². The third-order valence-electron chi connectivity index (χ3n) is 3.70. The van der Waals surface area contributed by atoms with Crippen LogP contribution >= 0.6 is 0 Å². The number of nitrogens with one attached hydrogen (secondary N) is 2. The van der Waals surface area contributed by atoms with Gasteiger partial charge in [-0.25, -0.2) is 5.43 Å². The molecule has 0 radical (unpaired) electrons. The van der Waals surface area contributed by atoms with Crippen LogP contribution < -0.4 is 10.2 Å². The minimum Gasteiger partial charge on any atom is -0.508 e. The third-order valence-corrected chi connectivity index (χ3v) is 3.70. The maximum absolute atomic E-state index is 12.2.